The van der Waals surface area contributed by atoms with Crippen LogP contribution in [-0.4, -0.2) is 93.0 Å². The number of hydrogen-bond acceptors (Lipinski definition) is 7. The summed E-state index contributed by atoms with van der Waals surface area (Å²) in [6.07, 6.45) is 2.18. The quantitative estimate of drug-likeness (QED) is 0.0901. The third-order valence-corrected chi connectivity index (χ3v) is 12.3. The van der Waals surface area contributed by atoms with Gasteiger partial charge in [0.15, 0.2) is 5.78 Å². The molecule has 0 aliphatic carbocycles. The number of halogens is 4. The van der Waals surface area contributed by atoms with E-state index in [1.165, 1.54) is 24.3 Å². The van der Waals surface area contributed by atoms with E-state index in [4.69, 9.17) is 9.97 Å². The molecule has 2 aliphatic rings. The molecule has 312 valence electrons. The molecule has 0 unspecified atom stereocenters. The molecule has 0 spiro atoms. The first kappa shape index (κ1) is 41.3. The van der Waals surface area contributed by atoms with Crippen LogP contribution in [0.4, 0.5) is 28.9 Å². The second kappa shape index (κ2) is 17.7. The molecular formula is C49H52F4N6O. The third-order valence-electron chi connectivity index (χ3n) is 12.3. The fraction of sp³-hybridized carbons (Fsp3) is 0.367. The number of pyridine rings is 2. The van der Waals surface area contributed by atoms with E-state index in [-0.39, 0.29) is 16.9 Å². The molecule has 4 heterocycles. The monoisotopic (exact) mass is 816 g/mol. The van der Waals surface area contributed by atoms with Gasteiger partial charge in [0.05, 0.1) is 33.5 Å². The van der Waals surface area contributed by atoms with Crippen molar-refractivity contribution in [3.63, 3.8) is 0 Å². The van der Waals surface area contributed by atoms with Gasteiger partial charge in [-0.15, -0.1) is 0 Å². The van der Waals surface area contributed by atoms with Crippen LogP contribution >= 0.6 is 0 Å². The molecule has 0 amide bonds. The van der Waals surface area contributed by atoms with Crippen LogP contribution in [0.2, 0.25) is 0 Å². The van der Waals surface area contributed by atoms with Gasteiger partial charge in [-0.05, 0) is 112 Å². The summed E-state index contributed by atoms with van der Waals surface area (Å²) in [5.74, 6) is 0.882. The van der Waals surface area contributed by atoms with Crippen LogP contribution < -0.4 is 9.80 Å². The van der Waals surface area contributed by atoms with Crippen molar-refractivity contribution in [3.05, 3.63) is 120 Å². The minimum absolute atomic E-state index is 0.0335. The normalized spacial score (nSPS) is 15.7. The molecule has 4 aromatic carbocycles. The summed E-state index contributed by atoms with van der Waals surface area (Å²) in [4.78, 5) is 34.4. The number of hydrogen-bond donors (Lipinski definition) is 0. The van der Waals surface area contributed by atoms with Gasteiger partial charge in [0.1, 0.15) is 0 Å². The van der Waals surface area contributed by atoms with Crippen molar-refractivity contribution in [2.24, 2.45) is 11.8 Å². The number of carbonyl (C=O) groups excluding carboxylic acids is 1. The maximum absolute atomic E-state index is 15.5. The average molecular weight is 817 g/mol. The van der Waals surface area contributed by atoms with Gasteiger partial charge >= 0.3 is 0 Å². The van der Waals surface area contributed by atoms with Gasteiger partial charge in [0.2, 0.25) is 0 Å². The van der Waals surface area contributed by atoms with E-state index in [1.54, 1.807) is 36.7 Å². The van der Waals surface area contributed by atoms with E-state index >= 15 is 4.79 Å². The summed E-state index contributed by atoms with van der Waals surface area (Å²) < 4.78 is 53.9. The van der Waals surface area contributed by atoms with E-state index in [0.29, 0.717) is 23.0 Å². The van der Waals surface area contributed by atoms with Gasteiger partial charge in [0, 0.05) is 73.6 Å². The first-order valence-corrected chi connectivity index (χ1v) is 20.9. The zero-order valence-electron chi connectivity index (χ0n) is 34.7. The Bertz CT molecular complexity index is 2290. The molecule has 2 aromatic heterocycles. The second-order valence-electron chi connectivity index (χ2n) is 17.1. The zero-order valence-corrected chi connectivity index (χ0v) is 34.7. The van der Waals surface area contributed by atoms with Crippen molar-refractivity contribution in [2.45, 2.75) is 38.5 Å². The lowest BCUT2D eigenvalue weighted by Crippen LogP contribution is -2.38. The van der Waals surface area contributed by atoms with E-state index in [0.717, 1.165) is 120 Å². The lowest BCUT2D eigenvalue weighted by atomic mass is 9.91. The Morgan fingerprint density at radius 1 is 0.567 bits per heavy atom. The number of carbonyl (C=O) groups is 1. The predicted octanol–water partition coefficient (Wildman–Crippen LogP) is 10.8. The highest BCUT2D eigenvalue weighted by molar-refractivity contribution is 6.20. The molecule has 0 bridgehead atoms. The molecule has 2 saturated heterocycles. The first-order valence-electron chi connectivity index (χ1n) is 20.9. The maximum atomic E-state index is 15.5. The fourth-order valence-electron chi connectivity index (χ4n) is 9.23. The molecule has 7 nitrogen and oxygen atoms in total. The second-order valence-corrected chi connectivity index (χ2v) is 17.1. The van der Waals surface area contributed by atoms with Crippen molar-refractivity contribution in [1.82, 2.24) is 19.8 Å². The Morgan fingerprint density at radius 3 is 1.25 bits per heavy atom. The Kier molecular flexibility index (Phi) is 12.2. The van der Waals surface area contributed by atoms with Crippen LogP contribution in [0.3, 0.4) is 0 Å². The van der Waals surface area contributed by atoms with Crippen LogP contribution in [0.15, 0.2) is 97.3 Å². The Labute approximate surface area is 349 Å². The van der Waals surface area contributed by atoms with Gasteiger partial charge in [-0.2, -0.15) is 0 Å². The van der Waals surface area contributed by atoms with Crippen LogP contribution in [-0.2, 0) is 0 Å². The van der Waals surface area contributed by atoms with E-state index in [1.807, 2.05) is 36.4 Å². The lowest BCUT2D eigenvalue weighted by molar-refractivity contribution is 0.103. The number of ketones is 1. The Hall–Kier alpha value is -5.39. The number of fused-ring (bicyclic) bond motifs is 2. The fourth-order valence-corrected chi connectivity index (χ4v) is 9.23. The summed E-state index contributed by atoms with van der Waals surface area (Å²) >= 11 is 0. The van der Waals surface area contributed by atoms with Gasteiger partial charge in [0.25, 0.3) is 12.9 Å². The minimum Gasteiger partial charge on any atom is -0.370 e. The highest BCUT2D eigenvalue weighted by Crippen LogP contribution is 2.41. The number of alkyl halides is 4. The highest BCUT2D eigenvalue weighted by Gasteiger charge is 2.31. The molecule has 0 N–H and O–H groups in total. The summed E-state index contributed by atoms with van der Waals surface area (Å²) in [7, 11) is 8.39. The topological polar surface area (TPSA) is 55.8 Å². The Balaban J connectivity index is 1.27. The summed E-state index contributed by atoms with van der Waals surface area (Å²) in [6.45, 7) is 5.04. The smallest absolute Gasteiger partial charge is 0.263 e. The number of benzene rings is 4. The number of piperidine rings is 2. The van der Waals surface area contributed by atoms with E-state index < -0.39 is 12.9 Å². The van der Waals surface area contributed by atoms with Gasteiger partial charge in [-0.1, -0.05) is 60.7 Å². The molecule has 0 saturated carbocycles. The molecule has 11 heteroatoms. The minimum atomic E-state index is -2.56. The van der Waals surface area contributed by atoms with Gasteiger partial charge in [-0.3, -0.25) is 14.8 Å². The summed E-state index contributed by atoms with van der Waals surface area (Å²) in [6, 6.07) is 24.6. The van der Waals surface area contributed by atoms with Crippen molar-refractivity contribution < 1.29 is 22.4 Å². The molecule has 2 fully saturated rings. The largest absolute Gasteiger partial charge is 0.370 e. The molecular weight excluding hydrogens is 765 g/mol. The first-order chi connectivity index (χ1) is 28.9. The SMILES string of the molecule is CN(C)CC1CCN(c2c(C(=O)c3cnc4ccc(-c5ccc(C(F)F)cc5)cc4c3N3CCC(CN(C)C)CC3)cnc3ccc(-c4ccc(C(F)F)cc4)cc23)CC1. The number of nitrogens with zero attached hydrogens (tertiary/aromatic N) is 6. The zero-order chi connectivity index (χ0) is 42.1. The molecule has 8 rings (SSSR count). The van der Waals surface area contributed by atoms with Crippen LogP contribution in [0.25, 0.3) is 44.1 Å². The van der Waals surface area contributed by atoms with Gasteiger partial charge < -0.3 is 19.6 Å². The van der Waals surface area contributed by atoms with E-state index in [9.17, 15) is 17.6 Å². The van der Waals surface area contributed by atoms with E-state index in [2.05, 4.69) is 47.8 Å². The molecule has 60 heavy (non-hydrogen) atoms. The standard InChI is InChI=1S/C49H52F4N6O/c1-56(2)29-31-17-21-58(22-18-31)45-39-25-37(33-5-9-35(10-6-33)48(50)51)13-15-43(39)54-27-41(45)47(60)42-28-55-44-16-14-38(34-7-11-36(12-8-34)49(52)53)26-40(44)46(42)59-23-19-32(20-24-59)30-57(3)4/h5-16,25-28,31-32,48-49H,17-24,29-30H2,1-4H3. The van der Waals surface area contributed by atoms with Crippen molar-refractivity contribution in [1.29, 1.82) is 0 Å². The molecule has 6 aromatic rings. The predicted molar refractivity (Wildman–Crippen MR) is 235 cm³/mol. The Morgan fingerprint density at radius 2 is 0.917 bits per heavy atom. The van der Waals surface area contributed by atoms with Crippen LogP contribution in [0.1, 0.15) is 65.6 Å². The van der Waals surface area contributed by atoms with Gasteiger partial charge in [-0.25, -0.2) is 17.6 Å². The number of aromatic nitrogens is 2. The average Bonchev–Trinajstić information content (AvgIpc) is 3.25. The van der Waals surface area contributed by atoms with Crippen LogP contribution in [0.5, 0.6) is 0 Å². The molecule has 0 radical (unpaired) electrons. The van der Waals surface area contributed by atoms with Crippen molar-refractivity contribution in [2.75, 3.05) is 77.3 Å². The molecule has 2 aliphatic heterocycles. The number of rotatable bonds is 12. The maximum Gasteiger partial charge on any atom is 0.263 e. The summed E-state index contributed by atoms with van der Waals surface area (Å²) in [5, 5.41) is 1.66. The lowest BCUT2D eigenvalue weighted by Gasteiger charge is -2.37. The van der Waals surface area contributed by atoms with Crippen molar-refractivity contribution >= 4 is 39.0 Å². The highest BCUT2D eigenvalue weighted by atomic mass is 19.3. The number of anilines is 2. The molecule has 0 atom stereocenters. The van der Waals surface area contributed by atoms with Crippen LogP contribution in [0, 0.1) is 11.8 Å². The van der Waals surface area contributed by atoms with Crippen molar-refractivity contribution in [3.8, 4) is 22.3 Å². The summed E-state index contributed by atoms with van der Waals surface area (Å²) in [5.41, 5.74) is 7.33. The third kappa shape index (κ3) is 8.74.